The van der Waals surface area contributed by atoms with Crippen LogP contribution in [0.1, 0.15) is 18.9 Å². The van der Waals surface area contributed by atoms with Gasteiger partial charge in [0.05, 0.1) is 0 Å². The molecule has 0 heterocycles. The molecule has 2 N–H and O–H groups in total. The molecule has 0 fully saturated rings. The molecule has 0 aromatic heterocycles. The average Bonchev–Trinajstić information content (AvgIpc) is 2.07. The zero-order valence-corrected chi connectivity index (χ0v) is 6.71. The number of nitrogens with two attached hydrogens (primary N) is 1. The van der Waals surface area contributed by atoms with Crippen molar-refractivity contribution in [3.63, 3.8) is 0 Å². The molecule has 0 unspecified atom stereocenters. The van der Waals surface area contributed by atoms with E-state index in [0.717, 1.165) is 6.42 Å². The number of rotatable bonds is 3. The minimum absolute atomic E-state index is 0.713. The largest absolute Gasteiger partial charge is 0.412 e. The van der Waals surface area contributed by atoms with Crippen molar-refractivity contribution in [2.75, 3.05) is 0 Å². The number of hydrogen-bond acceptors (Lipinski definition) is 2. The fourth-order valence-corrected chi connectivity index (χ4v) is 1.02. The van der Waals surface area contributed by atoms with Gasteiger partial charge < -0.3 is 4.84 Å². The highest BCUT2D eigenvalue weighted by Gasteiger charge is 1.91. The van der Waals surface area contributed by atoms with Gasteiger partial charge in [-0.25, -0.2) is 0 Å². The van der Waals surface area contributed by atoms with Gasteiger partial charge in [0.25, 0.3) is 0 Å². The van der Waals surface area contributed by atoms with Crippen LogP contribution >= 0.6 is 0 Å². The van der Waals surface area contributed by atoms with E-state index in [4.69, 9.17) is 5.90 Å². The van der Waals surface area contributed by atoms with E-state index in [0.29, 0.717) is 5.75 Å². The van der Waals surface area contributed by atoms with Gasteiger partial charge >= 0.3 is 0 Å². The summed E-state index contributed by atoms with van der Waals surface area (Å²) in [6.07, 6.45) is 2.29. The Morgan fingerprint density at radius 3 is 2.36 bits per heavy atom. The van der Waals surface area contributed by atoms with E-state index in [2.05, 4.69) is 11.8 Å². The molecule has 1 aromatic carbocycles. The minimum atomic E-state index is 0.713. The fourth-order valence-electron chi connectivity index (χ4n) is 1.02. The highest BCUT2D eigenvalue weighted by molar-refractivity contribution is 5.26. The Hall–Kier alpha value is -1.02. The third kappa shape index (κ3) is 2.24. The maximum Gasteiger partial charge on any atom is 0.146 e. The van der Waals surface area contributed by atoms with Gasteiger partial charge in [0.15, 0.2) is 0 Å². The highest BCUT2D eigenvalue weighted by atomic mass is 16.6. The van der Waals surface area contributed by atoms with Crippen LogP contribution in [0.4, 0.5) is 0 Å². The van der Waals surface area contributed by atoms with Gasteiger partial charge in [0, 0.05) is 0 Å². The van der Waals surface area contributed by atoms with Gasteiger partial charge in [0.1, 0.15) is 5.75 Å². The Bertz CT molecular complexity index is 205. The number of aryl methyl sites for hydroxylation is 1. The predicted octanol–water partition coefficient (Wildman–Crippen LogP) is 1.89. The molecule has 0 atom stereocenters. The molecule has 2 heteroatoms. The van der Waals surface area contributed by atoms with E-state index in [1.54, 1.807) is 0 Å². The molecular weight excluding hydrogens is 138 g/mol. The molecule has 0 bridgehead atoms. The van der Waals surface area contributed by atoms with Crippen LogP contribution in [0.5, 0.6) is 5.75 Å². The first-order valence-electron chi connectivity index (χ1n) is 3.82. The Balaban J connectivity index is 2.66. The molecule has 0 aliphatic rings. The summed E-state index contributed by atoms with van der Waals surface area (Å²) in [5, 5.41) is 0. The molecule has 60 valence electrons. The summed E-state index contributed by atoms with van der Waals surface area (Å²) in [5.41, 5.74) is 1.33. The van der Waals surface area contributed by atoms with Crippen LogP contribution in [-0.2, 0) is 6.42 Å². The van der Waals surface area contributed by atoms with Crippen LogP contribution < -0.4 is 10.7 Å². The third-order valence-electron chi connectivity index (χ3n) is 1.60. The summed E-state index contributed by atoms with van der Waals surface area (Å²) in [4.78, 5) is 4.55. The molecule has 0 saturated carbocycles. The first kappa shape index (κ1) is 8.08. The summed E-state index contributed by atoms with van der Waals surface area (Å²) in [6, 6.07) is 7.83. The van der Waals surface area contributed by atoms with Gasteiger partial charge in [-0.15, -0.1) is 0 Å². The normalized spacial score (nSPS) is 9.64. The third-order valence-corrected chi connectivity index (χ3v) is 1.60. The molecule has 0 aliphatic heterocycles. The van der Waals surface area contributed by atoms with E-state index >= 15 is 0 Å². The Morgan fingerprint density at radius 1 is 1.27 bits per heavy atom. The Kier molecular flexibility index (Phi) is 2.93. The van der Waals surface area contributed by atoms with E-state index in [9.17, 15) is 0 Å². The van der Waals surface area contributed by atoms with E-state index in [1.165, 1.54) is 12.0 Å². The lowest BCUT2D eigenvalue weighted by Gasteiger charge is -1.99. The topological polar surface area (TPSA) is 35.2 Å². The molecule has 0 aliphatic carbocycles. The van der Waals surface area contributed by atoms with Crippen molar-refractivity contribution in [1.29, 1.82) is 0 Å². The van der Waals surface area contributed by atoms with E-state index in [1.807, 2.05) is 24.3 Å². The molecule has 0 radical (unpaired) electrons. The lowest BCUT2D eigenvalue weighted by atomic mass is 10.1. The van der Waals surface area contributed by atoms with Crippen molar-refractivity contribution in [2.45, 2.75) is 19.8 Å². The van der Waals surface area contributed by atoms with Gasteiger partial charge in [-0.1, -0.05) is 25.5 Å². The molecule has 11 heavy (non-hydrogen) atoms. The molecule has 2 nitrogen and oxygen atoms in total. The van der Waals surface area contributed by atoms with Gasteiger partial charge in [-0.3, -0.25) is 0 Å². The van der Waals surface area contributed by atoms with Gasteiger partial charge in [0.2, 0.25) is 0 Å². The summed E-state index contributed by atoms with van der Waals surface area (Å²) < 4.78 is 0. The first-order chi connectivity index (χ1) is 5.36. The number of benzene rings is 1. The van der Waals surface area contributed by atoms with Crippen molar-refractivity contribution in [3.8, 4) is 5.75 Å². The maximum atomic E-state index is 4.97. The van der Waals surface area contributed by atoms with E-state index in [-0.39, 0.29) is 0 Å². The molecule has 1 rings (SSSR count). The second-order valence-corrected chi connectivity index (χ2v) is 2.51. The van der Waals surface area contributed by atoms with Gasteiger partial charge in [-0.05, 0) is 24.1 Å². The predicted molar refractivity (Wildman–Crippen MR) is 45.3 cm³/mol. The van der Waals surface area contributed by atoms with Crippen molar-refractivity contribution in [1.82, 2.24) is 0 Å². The summed E-state index contributed by atoms with van der Waals surface area (Å²) in [6.45, 7) is 2.16. The second kappa shape index (κ2) is 3.98. The quantitative estimate of drug-likeness (QED) is 0.669. The summed E-state index contributed by atoms with van der Waals surface area (Å²) >= 11 is 0. The highest BCUT2D eigenvalue weighted by Crippen LogP contribution is 2.11. The maximum absolute atomic E-state index is 4.97. The molecule has 0 amide bonds. The standard InChI is InChI=1S/C9H13NO/c1-2-3-8-4-6-9(11-10)7-5-8/h4-7H,2-3,10H2,1H3. The molecule has 0 spiro atoms. The first-order valence-corrected chi connectivity index (χ1v) is 3.82. The van der Waals surface area contributed by atoms with Crippen LogP contribution in [0.15, 0.2) is 24.3 Å². The smallest absolute Gasteiger partial charge is 0.146 e. The van der Waals surface area contributed by atoms with Crippen LogP contribution in [0, 0.1) is 0 Å². The molecular formula is C9H13NO. The lowest BCUT2D eigenvalue weighted by molar-refractivity contribution is 0.334. The summed E-state index contributed by atoms with van der Waals surface area (Å²) in [7, 11) is 0. The minimum Gasteiger partial charge on any atom is -0.412 e. The van der Waals surface area contributed by atoms with Crippen molar-refractivity contribution in [3.05, 3.63) is 29.8 Å². The average molecular weight is 151 g/mol. The Labute approximate surface area is 66.9 Å². The van der Waals surface area contributed by atoms with Crippen LogP contribution in [0.2, 0.25) is 0 Å². The summed E-state index contributed by atoms with van der Waals surface area (Å²) in [5.74, 6) is 5.69. The fraction of sp³-hybridized carbons (Fsp3) is 0.333. The zero-order chi connectivity index (χ0) is 8.10. The van der Waals surface area contributed by atoms with Crippen LogP contribution in [0.3, 0.4) is 0 Å². The SMILES string of the molecule is CCCc1ccc(ON)cc1. The van der Waals surface area contributed by atoms with Crippen molar-refractivity contribution in [2.24, 2.45) is 5.90 Å². The number of hydrogen-bond donors (Lipinski definition) is 1. The molecule has 0 saturated heterocycles. The van der Waals surface area contributed by atoms with Crippen LogP contribution in [0.25, 0.3) is 0 Å². The van der Waals surface area contributed by atoms with Crippen molar-refractivity contribution < 1.29 is 4.84 Å². The molecule has 1 aromatic rings. The van der Waals surface area contributed by atoms with Gasteiger partial charge in [-0.2, -0.15) is 5.90 Å². The van der Waals surface area contributed by atoms with Crippen molar-refractivity contribution >= 4 is 0 Å². The second-order valence-electron chi connectivity index (χ2n) is 2.51. The Morgan fingerprint density at radius 2 is 1.91 bits per heavy atom. The van der Waals surface area contributed by atoms with Crippen LogP contribution in [-0.4, -0.2) is 0 Å². The zero-order valence-electron chi connectivity index (χ0n) is 6.71. The lowest BCUT2D eigenvalue weighted by Crippen LogP contribution is -2.01. The monoisotopic (exact) mass is 151 g/mol. The van der Waals surface area contributed by atoms with E-state index < -0.39 is 0 Å².